The number of aryl methyl sites for hydroxylation is 1. The van der Waals surface area contributed by atoms with Crippen LogP contribution in [0, 0.1) is 12.8 Å². The minimum absolute atomic E-state index is 0.314. The summed E-state index contributed by atoms with van der Waals surface area (Å²) in [5.74, 6) is 2.17. The van der Waals surface area contributed by atoms with Gasteiger partial charge in [-0.05, 0) is 49.9 Å². The fourth-order valence-corrected chi connectivity index (χ4v) is 3.78. The predicted octanol–water partition coefficient (Wildman–Crippen LogP) is 4.04. The van der Waals surface area contributed by atoms with E-state index in [1.807, 2.05) is 6.07 Å². The van der Waals surface area contributed by atoms with Crippen LogP contribution in [0.5, 0.6) is 0 Å². The lowest BCUT2D eigenvalue weighted by molar-refractivity contribution is 0.249. The first-order valence-corrected chi connectivity index (χ1v) is 8.28. The average molecular weight is 350 g/mol. The van der Waals surface area contributed by atoms with Crippen LogP contribution in [0.15, 0.2) is 27.2 Å². The Kier molecular flexibility index (Phi) is 4.40. The van der Waals surface area contributed by atoms with Crippen LogP contribution in [-0.4, -0.2) is 16.7 Å². The Balaban J connectivity index is 1.89. The number of aromatic nitrogens is 2. The summed E-state index contributed by atoms with van der Waals surface area (Å²) in [5, 5.41) is 4.16. The first-order valence-electron chi connectivity index (χ1n) is 7.49. The lowest BCUT2D eigenvalue weighted by atomic mass is 9.79. The third-order valence-corrected chi connectivity index (χ3v) is 4.99. The van der Waals surface area contributed by atoms with Crippen molar-refractivity contribution in [3.05, 3.63) is 34.1 Å². The van der Waals surface area contributed by atoms with Gasteiger partial charge in [0.25, 0.3) is 0 Å². The third kappa shape index (κ3) is 3.04. The van der Waals surface area contributed by atoms with Gasteiger partial charge in [0.05, 0.1) is 0 Å². The van der Waals surface area contributed by atoms with Gasteiger partial charge in [0.15, 0.2) is 0 Å². The van der Waals surface area contributed by atoms with Gasteiger partial charge in [-0.2, -0.15) is 4.98 Å². The van der Waals surface area contributed by atoms with Gasteiger partial charge >= 0.3 is 0 Å². The van der Waals surface area contributed by atoms with Crippen molar-refractivity contribution in [2.45, 2.75) is 38.5 Å². The van der Waals surface area contributed by atoms with Gasteiger partial charge in [-0.3, -0.25) is 0 Å². The molecule has 2 atom stereocenters. The first-order chi connectivity index (χ1) is 10.2. The molecule has 112 valence electrons. The van der Waals surface area contributed by atoms with Crippen molar-refractivity contribution in [3.8, 4) is 11.4 Å². The summed E-state index contributed by atoms with van der Waals surface area (Å²) >= 11 is 3.57. The summed E-state index contributed by atoms with van der Waals surface area (Å²) < 4.78 is 6.53. The molecule has 1 aromatic carbocycles. The van der Waals surface area contributed by atoms with Crippen molar-refractivity contribution in [1.29, 1.82) is 0 Å². The highest BCUT2D eigenvalue weighted by molar-refractivity contribution is 9.10. The molecule has 0 saturated heterocycles. The largest absolute Gasteiger partial charge is 0.339 e. The minimum atomic E-state index is 0.314. The summed E-state index contributed by atoms with van der Waals surface area (Å²) in [6, 6.07) is 6.14. The quantitative estimate of drug-likeness (QED) is 0.907. The molecule has 2 N–H and O–H groups in total. The van der Waals surface area contributed by atoms with E-state index in [4.69, 9.17) is 10.3 Å². The molecular formula is C16H20BrN3O. The Morgan fingerprint density at radius 3 is 2.90 bits per heavy atom. The van der Waals surface area contributed by atoms with Crippen molar-refractivity contribution in [1.82, 2.24) is 10.1 Å². The van der Waals surface area contributed by atoms with Crippen LogP contribution in [0.4, 0.5) is 0 Å². The Labute approximate surface area is 133 Å². The van der Waals surface area contributed by atoms with Gasteiger partial charge in [-0.15, -0.1) is 0 Å². The van der Waals surface area contributed by atoms with Crippen LogP contribution in [0.2, 0.25) is 0 Å². The molecule has 2 aromatic rings. The standard InChI is InChI=1S/C16H20BrN3O/c1-10-6-7-13(14(17)8-10)15-19-16(21-20-15)12-5-3-2-4-11(12)9-18/h6-8,11-12H,2-5,9,18H2,1H3. The van der Waals surface area contributed by atoms with E-state index >= 15 is 0 Å². The number of hydrogen-bond donors (Lipinski definition) is 1. The summed E-state index contributed by atoms with van der Waals surface area (Å²) in [6.07, 6.45) is 4.72. The molecular weight excluding hydrogens is 330 g/mol. The summed E-state index contributed by atoms with van der Waals surface area (Å²) in [7, 11) is 0. The van der Waals surface area contributed by atoms with E-state index in [2.05, 4.69) is 45.1 Å². The maximum atomic E-state index is 5.89. The molecule has 0 radical (unpaired) electrons. The predicted molar refractivity (Wildman–Crippen MR) is 85.9 cm³/mol. The van der Waals surface area contributed by atoms with Gasteiger partial charge < -0.3 is 10.3 Å². The van der Waals surface area contributed by atoms with E-state index in [0.717, 1.165) is 28.8 Å². The molecule has 1 aliphatic rings. The van der Waals surface area contributed by atoms with Crippen LogP contribution in [-0.2, 0) is 0 Å². The monoisotopic (exact) mass is 349 g/mol. The van der Waals surface area contributed by atoms with E-state index < -0.39 is 0 Å². The Morgan fingerprint density at radius 1 is 1.33 bits per heavy atom. The smallest absolute Gasteiger partial charge is 0.230 e. The van der Waals surface area contributed by atoms with Gasteiger partial charge in [0.1, 0.15) is 0 Å². The van der Waals surface area contributed by atoms with E-state index in [-0.39, 0.29) is 0 Å². The Morgan fingerprint density at radius 2 is 2.14 bits per heavy atom. The number of rotatable bonds is 3. The van der Waals surface area contributed by atoms with Crippen molar-refractivity contribution < 1.29 is 4.52 Å². The molecule has 5 heteroatoms. The Hall–Kier alpha value is -1.20. The van der Waals surface area contributed by atoms with E-state index in [1.165, 1.54) is 18.4 Å². The van der Waals surface area contributed by atoms with Gasteiger partial charge in [-0.25, -0.2) is 0 Å². The zero-order valence-corrected chi connectivity index (χ0v) is 13.8. The number of nitrogens with two attached hydrogens (primary N) is 1. The topological polar surface area (TPSA) is 64.9 Å². The number of nitrogens with zero attached hydrogens (tertiary/aromatic N) is 2. The highest BCUT2D eigenvalue weighted by Gasteiger charge is 2.30. The van der Waals surface area contributed by atoms with Crippen molar-refractivity contribution >= 4 is 15.9 Å². The maximum Gasteiger partial charge on any atom is 0.230 e. The van der Waals surface area contributed by atoms with Crippen molar-refractivity contribution in [2.24, 2.45) is 11.7 Å². The van der Waals surface area contributed by atoms with Crippen LogP contribution in [0.25, 0.3) is 11.4 Å². The molecule has 2 unspecified atom stereocenters. The molecule has 0 bridgehead atoms. The van der Waals surface area contributed by atoms with Gasteiger partial charge in [-0.1, -0.05) is 40.0 Å². The summed E-state index contributed by atoms with van der Waals surface area (Å²) in [5.41, 5.74) is 8.06. The molecule has 0 spiro atoms. The van der Waals surface area contributed by atoms with Gasteiger partial charge in [0.2, 0.25) is 11.7 Å². The zero-order valence-electron chi connectivity index (χ0n) is 12.2. The molecule has 4 nitrogen and oxygen atoms in total. The molecule has 1 aliphatic carbocycles. The summed E-state index contributed by atoms with van der Waals surface area (Å²) in [4.78, 5) is 4.63. The zero-order chi connectivity index (χ0) is 14.8. The second-order valence-electron chi connectivity index (χ2n) is 5.83. The average Bonchev–Trinajstić information content (AvgIpc) is 2.96. The molecule has 1 aromatic heterocycles. The lowest BCUT2D eigenvalue weighted by Crippen LogP contribution is -2.25. The van der Waals surface area contributed by atoms with Crippen molar-refractivity contribution in [2.75, 3.05) is 6.54 Å². The van der Waals surface area contributed by atoms with Crippen LogP contribution in [0.3, 0.4) is 0 Å². The fourth-order valence-electron chi connectivity index (χ4n) is 3.11. The normalized spacial score (nSPS) is 22.4. The number of hydrogen-bond acceptors (Lipinski definition) is 4. The van der Waals surface area contributed by atoms with E-state index in [1.54, 1.807) is 0 Å². The molecule has 0 aliphatic heterocycles. The lowest BCUT2D eigenvalue weighted by Gasteiger charge is -2.27. The maximum absolute atomic E-state index is 5.89. The number of halogens is 1. The fraction of sp³-hybridized carbons (Fsp3) is 0.500. The van der Waals surface area contributed by atoms with Crippen LogP contribution < -0.4 is 5.73 Å². The second-order valence-corrected chi connectivity index (χ2v) is 6.68. The van der Waals surface area contributed by atoms with Crippen LogP contribution >= 0.6 is 15.9 Å². The van der Waals surface area contributed by atoms with E-state index in [9.17, 15) is 0 Å². The minimum Gasteiger partial charge on any atom is -0.339 e. The van der Waals surface area contributed by atoms with Crippen molar-refractivity contribution in [3.63, 3.8) is 0 Å². The SMILES string of the molecule is Cc1ccc(-c2noc(C3CCCCC3CN)n2)c(Br)c1. The van der Waals surface area contributed by atoms with Crippen LogP contribution in [0.1, 0.15) is 43.1 Å². The van der Waals surface area contributed by atoms with E-state index in [0.29, 0.717) is 24.2 Å². The third-order valence-electron chi connectivity index (χ3n) is 4.34. The second kappa shape index (κ2) is 6.28. The highest BCUT2D eigenvalue weighted by Crippen LogP contribution is 2.37. The molecule has 1 fully saturated rings. The molecule has 21 heavy (non-hydrogen) atoms. The molecule has 0 amide bonds. The number of benzene rings is 1. The highest BCUT2D eigenvalue weighted by atomic mass is 79.9. The molecule has 1 heterocycles. The Bertz CT molecular complexity index is 626. The van der Waals surface area contributed by atoms with Gasteiger partial charge in [0, 0.05) is 16.0 Å². The summed E-state index contributed by atoms with van der Waals surface area (Å²) in [6.45, 7) is 2.75. The molecule has 3 rings (SSSR count). The first kappa shape index (κ1) is 14.7. The molecule has 1 saturated carbocycles.